The summed E-state index contributed by atoms with van der Waals surface area (Å²) in [6.45, 7) is 3.07. The molecule has 216 valence electrons. The van der Waals surface area contributed by atoms with Crippen LogP contribution in [0.3, 0.4) is 0 Å². The van der Waals surface area contributed by atoms with Gasteiger partial charge in [0.1, 0.15) is 12.6 Å². The van der Waals surface area contributed by atoms with Crippen LogP contribution in [0.15, 0.2) is 83.8 Å². The van der Waals surface area contributed by atoms with Gasteiger partial charge in [-0.15, -0.1) is 0 Å². The van der Waals surface area contributed by atoms with E-state index in [4.69, 9.17) is 0 Å². The van der Waals surface area contributed by atoms with Crippen molar-refractivity contribution in [3.8, 4) is 0 Å². The second kappa shape index (κ2) is 12.9. The number of rotatable bonds is 11. The molecule has 0 heterocycles. The largest absolute Gasteiger partial charge is 0.352 e. The van der Waals surface area contributed by atoms with Crippen molar-refractivity contribution in [1.29, 1.82) is 0 Å². The highest BCUT2D eigenvalue weighted by Crippen LogP contribution is 2.27. The molecule has 1 aliphatic carbocycles. The first-order valence-electron chi connectivity index (χ1n) is 13.5. The molecule has 1 saturated carbocycles. The summed E-state index contributed by atoms with van der Waals surface area (Å²) in [6.07, 6.45) is 3.83. The highest BCUT2D eigenvalue weighted by atomic mass is 32.2. The van der Waals surface area contributed by atoms with Crippen molar-refractivity contribution in [2.75, 3.05) is 10.8 Å². The molecule has 10 nitrogen and oxygen atoms in total. The van der Waals surface area contributed by atoms with Crippen LogP contribution in [-0.4, -0.2) is 48.7 Å². The van der Waals surface area contributed by atoms with Gasteiger partial charge in [0.05, 0.1) is 15.5 Å². The van der Waals surface area contributed by atoms with Gasteiger partial charge in [-0.1, -0.05) is 60.9 Å². The maximum Gasteiger partial charge on any atom is 0.269 e. The molecule has 2 amide bonds. The number of sulfonamides is 1. The van der Waals surface area contributed by atoms with Gasteiger partial charge in [0, 0.05) is 24.7 Å². The fraction of sp³-hybridized carbons (Fsp3) is 0.333. The number of anilines is 1. The van der Waals surface area contributed by atoms with Crippen molar-refractivity contribution < 1.29 is 22.9 Å². The molecular weight excluding hydrogens is 544 g/mol. The molecule has 1 N–H and O–H groups in total. The third kappa shape index (κ3) is 7.29. The third-order valence-corrected chi connectivity index (χ3v) is 9.09. The highest BCUT2D eigenvalue weighted by Gasteiger charge is 2.33. The molecule has 1 fully saturated rings. The van der Waals surface area contributed by atoms with Crippen molar-refractivity contribution in [3.05, 3.63) is 100 Å². The smallest absolute Gasteiger partial charge is 0.269 e. The van der Waals surface area contributed by atoms with Gasteiger partial charge in [-0.25, -0.2) is 8.42 Å². The fourth-order valence-corrected chi connectivity index (χ4v) is 6.29. The molecule has 3 aromatic rings. The Morgan fingerprint density at radius 3 is 2.17 bits per heavy atom. The van der Waals surface area contributed by atoms with Gasteiger partial charge in [0.15, 0.2) is 0 Å². The number of carbonyl (C=O) groups is 2. The van der Waals surface area contributed by atoms with Gasteiger partial charge in [-0.2, -0.15) is 0 Å². The number of hydrogen-bond acceptors (Lipinski definition) is 6. The second-order valence-corrected chi connectivity index (χ2v) is 12.1. The lowest BCUT2D eigenvalue weighted by molar-refractivity contribution is -0.384. The van der Waals surface area contributed by atoms with E-state index in [0.717, 1.165) is 41.1 Å². The number of nitrogens with zero attached hydrogens (tertiary/aromatic N) is 3. The predicted molar refractivity (Wildman–Crippen MR) is 156 cm³/mol. The molecule has 4 rings (SSSR count). The number of aryl methyl sites for hydroxylation is 1. The Morgan fingerprint density at radius 2 is 1.59 bits per heavy atom. The van der Waals surface area contributed by atoms with Crippen molar-refractivity contribution in [3.63, 3.8) is 0 Å². The van der Waals surface area contributed by atoms with E-state index in [1.165, 1.54) is 41.3 Å². The molecule has 3 aromatic carbocycles. The minimum Gasteiger partial charge on any atom is -0.352 e. The molecule has 0 saturated heterocycles. The number of nitro benzene ring substituents is 1. The van der Waals surface area contributed by atoms with Crippen LogP contribution in [0.1, 0.15) is 43.7 Å². The molecule has 0 spiro atoms. The van der Waals surface area contributed by atoms with E-state index in [-0.39, 0.29) is 34.8 Å². The zero-order valence-electron chi connectivity index (χ0n) is 23.1. The Labute approximate surface area is 240 Å². The molecule has 1 aliphatic rings. The Bertz CT molecular complexity index is 1470. The fourth-order valence-electron chi connectivity index (χ4n) is 4.85. The summed E-state index contributed by atoms with van der Waals surface area (Å²) in [5, 5.41) is 14.2. The number of non-ortho nitro benzene ring substituents is 1. The van der Waals surface area contributed by atoms with E-state index in [9.17, 15) is 28.1 Å². The molecule has 11 heteroatoms. The average molecular weight is 579 g/mol. The monoisotopic (exact) mass is 578 g/mol. The van der Waals surface area contributed by atoms with Crippen LogP contribution in [0.4, 0.5) is 11.4 Å². The van der Waals surface area contributed by atoms with E-state index in [0.29, 0.717) is 0 Å². The second-order valence-electron chi connectivity index (χ2n) is 10.3. The van der Waals surface area contributed by atoms with E-state index < -0.39 is 33.4 Å². The van der Waals surface area contributed by atoms with Crippen LogP contribution in [0, 0.1) is 17.0 Å². The van der Waals surface area contributed by atoms with E-state index in [2.05, 4.69) is 5.32 Å². The van der Waals surface area contributed by atoms with Gasteiger partial charge in [0.2, 0.25) is 11.8 Å². The number of benzene rings is 3. The van der Waals surface area contributed by atoms with Gasteiger partial charge in [-0.05, 0) is 56.5 Å². The molecule has 1 unspecified atom stereocenters. The van der Waals surface area contributed by atoms with Crippen LogP contribution in [-0.2, 0) is 26.2 Å². The van der Waals surface area contributed by atoms with Crippen molar-refractivity contribution in [1.82, 2.24) is 10.2 Å². The van der Waals surface area contributed by atoms with Crippen LogP contribution >= 0.6 is 0 Å². The summed E-state index contributed by atoms with van der Waals surface area (Å²) in [7, 11) is -4.24. The normalized spacial score (nSPS) is 14.3. The van der Waals surface area contributed by atoms with E-state index in [1.54, 1.807) is 25.1 Å². The first-order chi connectivity index (χ1) is 19.6. The van der Waals surface area contributed by atoms with Crippen LogP contribution in [0.2, 0.25) is 0 Å². The van der Waals surface area contributed by atoms with Crippen LogP contribution in [0.5, 0.6) is 0 Å². The lowest BCUT2D eigenvalue weighted by Gasteiger charge is -2.32. The maximum absolute atomic E-state index is 14.0. The van der Waals surface area contributed by atoms with Crippen molar-refractivity contribution in [2.45, 2.75) is 63.1 Å². The highest BCUT2D eigenvalue weighted by molar-refractivity contribution is 7.92. The van der Waals surface area contributed by atoms with Gasteiger partial charge < -0.3 is 10.2 Å². The van der Waals surface area contributed by atoms with Gasteiger partial charge >= 0.3 is 0 Å². The van der Waals surface area contributed by atoms with E-state index in [1.807, 2.05) is 31.2 Å². The summed E-state index contributed by atoms with van der Waals surface area (Å²) in [6, 6.07) is 19.4. The number of nitrogens with one attached hydrogen (secondary N) is 1. The molecule has 0 aromatic heterocycles. The van der Waals surface area contributed by atoms with E-state index >= 15 is 0 Å². The standard InChI is InChI=1S/C30H34N4O6S/c1-22-12-14-24(15-13-22)20-32(23(2)30(36)31-25-8-6-7-9-25)29(35)21-33(26-16-18-27(19-17-26)34(37)38)41(39,40)28-10-4-3-5-11-28/h3-5,10-19,23,25H,6-9,20-21H2,1-2H3,(H,31,36). The lowest BCUT2D eigenvalue weighted by atomic mass is 10.1. The number of hydrogen-bond donors (Lipinski definition) is 1. The third-order valence-electron chi connectivity index (χ3n) is 7.30. The topological polar surface area (TPSA) is 130 Å². The summed E-state index contributed by atoms with van der Waals surface area (Å²) in [5.74, 6) is -0.886. The minimum atomic E-state index is -4.24. The summed E-state index contributed by atoms with van der Waals surface area (Å²) >= 11 is 0. The summed E-state index contributed by atoms with van der Waals surface area (Å²) in [4.78, 5) is 39.2. The summed E-state index contributed by atoms with van der Waals surface area (Å²) < 4.78 is 28.5. The number of nitro groups is 1. The molecule has 41 heavy (non-hydrogen) atoms. The van der Waals surface area contributed by atoms with Gasteiger partial charge in [-0.3, -0.25) is 24.0 Å². The summed E-state index contributed by atoms with van der Waals surface area (Å²) in [5.41, 5.74) is 1.70. The van der Waals surface area contributed by atoms with Crippen molar-refractivity contribution in [2.24, 2.45) is 0 Å². The maximum atomic E-state index is 14.0. The molecule has 0 bridgehead atoms. The first kappa shape index (κ1) is 29.7. The zero-order valence-corrected chi connectivity index (χ0v) is 23.9. The number of amides is 2. The average Bonchev–Trinajstić information content (AvgIpc) is 3.48. The zero-order chi connectivity index (χ0) is 29.6. The van der Waals surface area contributed by atoms with Crippen molar-refractivity contribution >= 4 is 33.2 Å². The first-order valence-corrected chi connectivity index (χ1v) is 15.0. The van der Waals surface area contributed by atoms with Gasteiger partial charge in [0.25, 0.3) is 15.7 Å². The Kier molecular flexibility index (Phi) is 9.38. The molecule has 0 aliphatic heterocycles. The van der Waals surface area contributed by atoms with Crippen LogP contribution in [0.25, 0.3) is 0 Å². The molecule has 1 atom stereocenters. The Hall–Kier alpha value is -4.25. The minimum absolute atomic E-state index is 0.0386. The lowest BCUT2D eigenvalue weighted by Crippen LogP contribution is -2.52. The molecular formula is C30H34N4O6S. The quantitative estimate of drug-likeness (QED) is 0.262. The number of carbonyl (C=O) groups excluding carboxylic acids is 2. The predicted octanol–water partition coefficient (Wildman–Crippen LogP) is 4.57. The Balaban J connectivity index is 1.68. The Morgan fingerprint density at radius 1 is 0.976 bits per heavy atom. The van der Waals surface area contributed by atoms with Crippen LogP contribution < -0.4 is 9.62 Å². The molecule has 0 radical (unpaired) electrons. The SMILES string of the molecule is Cc1ccc(CN(C(=O)CN(c2ccc([N+](=O)[O-])cc2)S(=O)(=O)c2ccccc2)C(C)C(=O)NC2CCCC2)cc1.